The van der Waals surface area contributed by atoms with E-state index in [9.17, 15) is 4.79 Å². The topological polar surface area (TPSA) is 109 Å². The smallest absolute Gasteiger partial charge is 0.337 e. The van der Waals surface area contributed by atoms with E-state index in [-0.39, 0.29) is 0 Å². The quantitative estimate of drug-likeness (QED) is 0.423. The molecule has 3 heterocycles. The minimum Gasteiger partial charge on any atom is -0.465 e. The molecule has 4 rings (SSSR count). The van der Waals surface area contributed by atoms with Gasteiger partial charge in [0.1, 0.15) is 11.5 Å². The number of hydrogen-bond donors (Lipinski definition) is 2. The number of aromatic nitrogens is 3. The van der Waals surface area contributed by atoms with Crippen LogP contribution in [0.4, 0.5) is 11.6 Å². The van der Waals surface area contributed by atoms with Crippen LogP contribution in [0.25, 0.3) is 5.70 Å². The van der Waals surface area contributed by atoms with Gasteiger partial charge in [-0.3, -0.25) is 0 Å². The first-order valence-electron chi connectivity index (χ1n) is 11.4. The molecular formula is C26H30N6O2. The zero-order valence-corrected chi connectivity index (χ0v) is 19.7. The fourth-order valence-corrected chi connectivity index (χ4v) is 4.36. The number of carbonyl (C=O) groups excluding carboxylic acids is 1. The maximum absolute atomic E-state index is 11.9. The highest BCUT2D eigenvalue weighted by Crippen LogP contribution is 2.26. The van der Waals surface area contributed by atoms with Gasteiger partial charge in [-0.1, -0.05) is 32.0 Å². The summed E-state index contributed by atoms with van der Waals surface area (Å²) in [5.74, 6) is 2.89. The highest BCUT2D eigenvalue weighted by atomic mass is 16.5. The van der Waals surface area contributed by atoms with Gasteiger partial charge in [0.05, 0.1) is 12.7 Å². The standard InChI is InChI=1S/C26H30N6O2/c1-17-12-18(2)16-32(15-17)24-9-5-8-23(31-24)30-22(25-28-10-11-29-25)14-21(27)19-6-4-7-20(13-19)26(33)34-3/h4-11,13-14,17-18H,12,15-16,27H2,1-3H3,(H,28,29)/b21-14-,30-22?. The summed E-state index contributed by atoms with van der Waals surface area (Å²) < 4.78 is 4.81. The molecule has 1 fully saturated rings. The first kappa shape index (κ1) is 23.2. The van der Waals surface area contributed by atoms with Crippen LogP contribution in [0, 0.1) is 11.8 Å². The molecule has 8 heteroatoms. The van der Waals surface area contributed by atoms with Gasteiger partial charge in [0.15, 0.2) is 11.6 Å². The van der Waals surface area contributed by atoms with Gasteiger partial charge in [0.2, 0.25) is 0 Å². The number of nitrogens with two attached hydrogens (primary N) is 1. The molecule has 1 aliphatic heterocycles. The Morgan fingerprint density at radius 3 is 2.62 bits per heavy atom. The molecule has 0 amide bonds. The number of aromatic amines is 1. The second-order valence-corrected chi connectivity index (χ2v) is 8.81. The van der Waals surface area contributed by atoms with Crippen LogP contribution in [0.1, 0.15) is 42.0 Å². The molecule has 8 nitrogen and oxygen atoms in total. The van der Waals surface area contributed by atoms with Crippen molar-refractivity contribution in [1.82, 2.24) is 15.0 Å². The Balaban J connectivity index is 1.68. The number of anilines is 1. The summed E-state index contributed by atoms with van der Waals surface area (Å²) >= 11 is 0. The van der Waals surface area contributed by atoms with Crippen molar-refractivity contribution in [2.75, 3.05) is 25.1 Å². The average molecular weight is 459 g/mol. The zero-order valence-electron chi connectivity index (χ0n) is 19.7. The van der Waals surface area contributed by atoms with E-state index in [1.54, 1.807) is 36.7 Å². The van der Waals surface area contributed by atoms with Crippen molar-refractivity contribution in [2.24, 2.45) is 22.6 Å². The van der Waals surface area contributed by atoms with Crippen LogP contribution >= 0.6 is 0 Å². The summed E-state index contributed by atoms with van der Waals surface area (Å²) in [6, 6.07) is 12.8. The molecular weight excluding hydrogens is 428 g/mol. The second kappa shape index (κ2) is 10.3. The molecule has 0 spiro atoms. The van der Waals surface area contributed by atoms with Gasteiger partial charge < -0.3 is 20.4 Å². The van der Waals surface area contributed by atoms with E-state index in [1.165, 1.54) is 13.5 Å². The predicted octanol–water partition coefficient (Wildman–Crippen LogP) is 4.19. The predicted molar refractivity (Wildman–Crippen MR) is 134 cm³/mol. The maximum atomic E-state index is 11.9. The number of pyridine rings is 1. The van der Waals surface area contributed by atoms with Crippen molar-refractivity contribution in [3.63, 3.8) is 0 Å². The van der Waals surface area contributed by atoms with E-state index in [0.717, 1.165) is 18.9 Å². The Labute approximate surface area is 199 Å². The molecule has 2 aromatic heterocycles. The second-order valence-electron chi connectivity index (χ2n) is 8.81. The number of nitrogens with zero attached hydrogens (tertiary/aromatic N) is 4. The molecule has 34 heavy (non-hydrogen) atoms. The molecule has 3 aromatic rings. The number of allylic oxidation sites excluding steroid dienone is 1. The molecule has 1 aliphatic rings. The van der Waals surface area contributed by atoms with Gasteiger partial charge in [-0.2, -0.15) is 0 Å². The number of rotatable bonds is 6. The summed E-state index contributed by atoms with van der Waals surface area (Å²) in [5.41, 5.74) is 8.48. The Bertz CT molecular complexity index is 1190. The fourth-order valence-electron chi connectivity index (χ4n) is 4.36. The lowest BCUT2D eigenvalue weighted by Gasteiger charge is -2.35. The third-order valence-electron chi connectivity index (χ3n) is 5.80. The molecule has 1 aromatic carbocycles. The average Bonchev–Trinajstić information content (AvgIpc) is 3.38. The molecule has 0 saturated carbocycles. The fraction of sp³-hybridized carbons (Fsp3) is 0.308. The summed E-state index contributed by atoms with van der Waals surface area (Å²) in [5, 5.41) is 0. The number of benzene rings is 1. The number of esters is 1. The third kappa shape index (κ3) is 5.51. The molecule has 2 atom stereocenters. The Morgan fingerprint density at radius 2 is 1.91 bits per heavy atom. The lowest BCUT2D eigenvalue weighted by Crippen LogP contribution is -2.39. The lowest BCUT2D eigenvalue weighted by molar-refractivity contribution is 0.0600. The van der Waals surface area contributed by atoms with Crippen LogP contribution in [-0.2, 0) is 4.74 Å². The number of piperidine rings is 1. The van der Waals surface area contributed by atoms with Crippen molar-refractivity contribution in [1.29, 1.82) is 0 Å². The van der Waals surface area contributed by atoms with Crippen LogP contribution in [0.5, 0.6) is 0 Å². The number of ether oxygens (including phenoxy) is 1. The summed E-state index contributed by atoms with van der Waals surface area (Å²) in [6.07, 6.45) is 6.35. The first-order valence-corrected chi connectivity index (χ1v) is 11.4. The minimum atomic E-state index is -0.420. The molecule has 2 unspecified atom stereocenters. The highest BCUT2D eigenvalue weighted by Gasteiger charge is 2.22. The van der Waals surface area contributed by atoms with Crippen molar-refractivity contribution < 1.29 is 9.53 Å². The number of carbonyl (C=O) groups is 1. The van der Waals surface area contributed by atoms with Crippen molar-refractivity contribution >= 4 is 29.0 Å². The number of H-pyrrole nitrogens is 1. The number of nitrogens with one attached hydrogen (secondary N) is 1. The maximum Gasteiger partial charge on any atom is 0.337 e. The first-order chi connectivity index (χ1) is 16.4. The van der Waals surface area contributed by atoms with E-state index >= 15 is 0 Å². The van der Waals surface area contributed by atoms with Crippen LogP contribution in [0.3, 0.4) is 0 Å². The van der Waals surface area contributed by atoms with Crippen molar-refractivity contribution in [2.45, 2.75) is 20.3 Å². The molecule has 0 radical (unpaired) electrons. The summed E-state index contributed by atoms with van der Waals surface area (Å²) in [6.45, 7) is 6.53. The van der Waals surface area contributed by atoms with Gasteiger partial charge in [-0.25, -0.2) is 19.8 Å². The molecule has 176 valence electrons. The molecule has 0 aliphatic carbocycles. The van der Waals surface area contributed by atoms with E-state index < -0.39 is 5.97 Å². The van der Waals surface area contributed by atoms with E-state index in [0.29, 0.717) is 46.0 Å². The molecule has 3 N–H and O–H groups in total. The number of hydrogen-bond acceptors (Lipinski definition) is 7. The lowest BCUT2D eigenvalue weighted by atomic mass is 9.92. The van der Waals surface area contributed by atoms with E-state index in [1.807, 2.05) is 24.3 Å². The Morgan fingerprint density at radius 1 is 1.18 bits per heavy atom. The Kier molecular flexibility index (Phi) is 7.06. The SMILES string of the molecule is COC(=O)c1cccc(/C(N)=C/C(=Nc2cccc(N3CC(C)CC(C)C3)n2)c2ncc[nH]2)c1. The summed E-state index contributed by atoms with van der Waals surface area (Å²) in [7, 11) is 1.35. The highest BCUT2D eigenvalue weighted by molar-refractivity contribution is 6.10. The monoisotopic (exact) mass is 458 g/mol. The van der Waals surface area contributed by atoms with Crippen molar-refractivity contribution in [3.05, 3.63) is 77.9 Å². The molecule has 1 saturated heterocycles. The minimum absolute atomic E-state index is 0.420. The van der Waals surface area contributed by atoms with Gasteiger partial charge in [0, 0.05) is 31.2 Å². The van der Waals surface area contributed by atoms with Crippen LogP contribution in [-0.4, -0.2) is 46.8 Å². The Hall–Kier alpha value is -3.94. The van der Waals surface area contributed by atoms with Gasteiger partial charge in [-0.05, 0) is 54.2 Å². The van der Waals surface area contributed by atoms with Crippen LogP contribution in [0.2, 0.25) is 0 Å². The van der Waals surface area contributed by atoms with Gasteiger partial charge in [-0.15, -0.1) is 0 Å². The largest absolute Gasteiger partial charge is 0.465 e. The number of aliphatic imine (C=N–C) groups is 1. The van der Waals surface area contributed by atoms with Gasteiger partial charge in [0.25, 0.3) is 0 Å². The van der Waals surface area contributed by atoms with E-state index in [4.69, 9.17) is 20.4 Å². The van der Waals surface area contributed by atoms with Crippen molar-refractivity contribution in [3.8, 4) is 0 Å². The van der Waals surface area contributed by atoms with Crippen LogP contribution < -0.4 is 10.6 Å². The number of methoxy groups -OCH3 is 1. The molecule has 0 bridgehead atoms. The number of imidazole rings is 1. The summed E-state index contributed by atoms with van der Waals surface area (Å²) in [4.78, 5) is 31.3. The van der Waals surface area contributed by atoms with Gasteiger partial charge >= 0.3 is 5.97 Å². The normalized spacial score (nSPS) is 19.2. The zero-order chi connectivity index (χ0) is 24.1. The van der Waals surface area contributed by atoms with E-state index in [2.05, 4.69) is 28.7 Å². The third-order valence-corrected chi connectivity index (χ3v) is 5.80. The van der Waals surface area contributed by atoms with Crippen LogP contribution in [0.15, 0.2) is 65.9 Å².